The van der Waals surface area contributed by atoms with E-state index < -0.39 is 15.8 Å². The van der Waals surface area contributed by atoms with Crippen molar-refractivity contribution in [3.63, 3.8) is 0 Å². The van der Waals surface area contributed by atoms with E-state index in [4.69, 9.17) is 9.47 Å². The number of fused-ring (bicyclic) bond motifs is 2. The highest BCUT2D eigenvalue weighted by Gasteiger charge is 2.30. The number of ether oxygens (including phenoxy) is 2. The van der Waals surface area contributed by atoms with E-state index in [1.165, 1.54) is 6.20 Å². The summed E-state index contributed by atoms with van der Waals surface area (Å²) in [4.78, 5) is 17.8. The highest BCUT2D eigenvalue weighted by molar-refractivity contribution is 7.91. The van der Waals surface area contributed by atoms with Gasteiger partial charge in [-0.05, 0) is 18.4 Å². The lowest BCUT2D eigenvalue weighted by atomic mass is 10.0. The molecule has 2 aromatic rings. The normalized spacial score (nSPS) is 20.4. The summed E-state index contributed by atoms with van der Waals surface area (Å²) in [6, 6.07) is 3.45. The number of hydrogen-bond donors (Lipinski definition) is 1. The summed E-state index contributed by atoms with van der Waals surface area (Å²) in [5.41, 5.74) is 1.17. The zero-order valence-corrected chi connectivity index (χ0v) is 15.0. The van der Waals surface area contributed by atoms with Crippen molar-refractivity contribution in [2.24, 2.45) is 5.92 Å². The fourth-order valence-corrected chi connectivity index (χ4v) is 5.48. The van der Waals surface area contributed by atoms with Crippen molar-refractivity contribution >= 4 is 32.4 Å². The summed E-state index contributed by atoms with van der Waals surface area (Å²) in [5.74, 6) is 0.327. The van der Waals surface area contributed by atoms with Gasteiger partial charge in [-0.1, -0.05) is 0 Å². The van der Waals surface area contributed by atoms with Crippen molar-refractivity contribution in [1.29, 1.82) is 0 Å². The monoisotopic (exact) mass is 378 g/mol. The lowest BCUT2D eigenvalue weighted by Gasteiger charge is -2.25. The predicted octanol–water partition coefficient (Wildman–Crippen LogP) is 1.53. The molecule has 1 unspecified atom stereocenters. The van der Waals surface area contributed by atoms with E-state index in [1.807, 2.05) is 0 Å². The van der Waals surface area contributed by atoms with E-state index in [9.17, 15) is 18.3 Å². The number of sulfone groups is 1. The van der Waals surface area contributed by atoms with Gasteiger partial charge in [0, 0.05) is 31.2 Å². The summed E-state index contributed by atoms with van der Waals surface area (Å²) in [6.45, 7) is 0.565. The molecule has 1 aromatic carbocycles. The van der Waals surface area contributed by atoms with Crippen LogP contribution >= 0.6 is 0 Å². The van der Waals surface area contributed by atoms with Gasteiger partial charge in [-0.25, -0.2) is 13.2 Å². The van der Waals surface area contributed by atoms with Gasteiger partial charge in [-0.15, -0.1) is 0 Å². The average Bonchev–Trinajstić information content (AvgIpc) is 3.16. The van der Waals surface area contributed by atoms with Crippen molar-refractivity contribution in [1.82, 2.24) is 4.98 Å². The van der Waals surface area contributed by atoms with Gasteiger partial charge in [-0.3, -0.25) is 4.98 Å². The highest BCUT2D eigenvalue weighted by atomic mass is 32.2. The van der Waals surface area contributed by atoms with Crippen LogP contribution < -0.4 is 14.4 Å². The van der Waals surface area contributed by atoms with Crippen LogP contribution in [0, 0.1) is 5.92 Å². The van der Waals surface area contributed by atoms with Crippen molar-refractivity contribution in [2.75, 3.05) is 36.8 Å². The van der Waals surface area contributed by atoms with E-state index in [-0.39, 0.29) is 29.8 Å². The number of aromatic nitrogens is 1. The number of benzene rings is 1. The van der Waals surface area contributed by atoms with Gasteiger partial charge in [-0.2, -0.15) is 0 Å². The van der Waals surface area contributed by atoms with E-state index in [0.717, 1.165) is 0 Å². The minimum atomic E-state index is -2.99. The Labute approximate surface area is 150 Å². The fraction of sp³-hybridized carbons (Fsp3) is 0.412. The predicted molar refractivity (Wildman–Crippen MR) is 94.9 cm³/mol. The standard InChI is InChI=1S/C17H18N2O6S/c1-19(7-10-2-3-26(22,23)8-10)16-11-4-14-15(25-9-24-14)5-13(11)18-6-12(16)17(20)21/h4-6,10H,2-3,7-9H2,1H3,(H,20,21). The number of rotatable bonds is 4. The van der Waals surface area contributed by atoms with E-state index in [1.54, 1.807) is 24.1 Å². The zero-order chi connectivity index (χ0) is 18.5. The van der Waals surface area contributed by atoms with Crippen LogP contribution in [0.1, 0.15) is 16.8 Å². The molecule has 0 saturated carbocycles. The van der Waals surface area contributed by atoms with E-state index >= 15 is 0 Å². The maximum atomic E-state index is 11.7. The van der Waals surface area contributed by atoms with Crippen LogP contribution in [0.25, 0.3) is 10.9 Å². The van der Waals surface area contributed by atoms with Crippen LogP contribution in [0.3, 0.4) is 0 Å². The van der Waals surface area contributed by atoms with Gasteiger partial charge in [0.15, 0.2) is 21.3 Å². The molecule has 1 saturated heterocycles. The lowest BCUT2D eigenvalue weighted by Crippen LogP contribution is -2.28. The number of carboxylic acids is 1. The first-order chi connectivity index (χ1) is 12.3. The molecule has 1 aromatic heterocycles. The number of nitrogens with zero attached hydrogens (tertiary/aromatic N) is 2. The van der Waals surface area contributed by atoms with Crippen molar-refractivity contribution in [3.05, 3.63) is 23.9 Å². The molecule has 2 aliphatic heterocycles. The molecule has 8 nitrogen and oxygen atoms in total. The molecule has 0 amide bonds. The molecule has 1 atom stereocenters. The van der Waals surface area contributed by atoms with Gasteiger partial charge in [0.2, 0.25) is 6.79 Å². The number of anilines is 1. The second-order valence-corrected chi connectivity index (χ2v) is 8.93. The first-order valence-corrected chi connectivity index (χ1v) is 10.0. The molecule has 138 valence electrons. The number of carbonyl (C=O) groups is 1. The summed E-state index contributed by atoms with van der Waals surface area (Å²) in [5, 5.41) is 10.2. The molecule has 0 radical (unpaired) electrons. The molecule has 2 aliphatic rings. The molecule has 4 rings (SSSR count). The number of hydrogen-bond acceptors (Lipinski definition) is 7. The SMILES string of the molecule is CN(CC1CCS(=O)(=O)C1)c1c(C(=O)O)cnc2cc3c(cc12)OCO3. The Hall–Kier alpha value is -2.55. The summed E-state index contributed by atoms with van der Waals surface area (Å²) in [6.07, 6.45) is 1.91. The van der Waals surface area contributed by atoms with Crippen LogP contribution in [0.2, 0.25) is 0 Å². The molecule has 1 fully saturated rings. The van der Waals surface area contributed by atoms with Gasteiger partial charge < -0.3 is 19.5 Å². The summed E-state index contributed by atoms with van der Waals surface area (Å²) in [7, 11) is -1.22. The Morgan fingerprint density at radius 2 is 2.08 bits per heavy atom. The van der Waals surface area contributed by atoms with Crippen molar-refractivity contribution < 1.29 is 27.8 Å². The van der Waals surface area contributed by atoms with Gasteiger partial charge in [0.25, 0.3) is 0 Å². The Morgan fingerprint density at radius 1 is 1.35 bits per heavy atom. The van der Waals surface area contributed by atoms with Gasteiger partial charge >= 0.3 is 5.97 Å². The Morgan fingerprint density at radius 3 is 2.73 bits per heavy atom. The summed E-state index contributed by atoms with van der Waals surface area (Å²) >= 11 is 0. The minimum absolute atomic E-state index is 0.0242. The third-order valence-corrected chi connectivity index (χ3v) is 6.64. The molecule has 3 heterocycles. The third kappa shape index (κ3) is 2.92. The van der Waals surface area contributed by atoms with E-state index in [2.05, 4.69) is 4.98 Å². The molecule has 0 bridgehead atoms. The van der Waals surface area contributed by atoms with Gasteiger partial charge in [0.05, 0.1) is 22.7 Å². The molecular formula is C17H18N2O6S. The van der Waals surface area contributed by atoms with Crippen molar-refractivity contribution in [2.45, 2.75) is 6.42 Å². The molecule has 1 N–H and O–H groups in total. The largest absolute Gasteiger partial charge is 0.478 e. The maximum Gasteiger partial charge on any atom is 0.339 e. The first-order valence-electron chi connectivity index (χ1n) is 8.21. The van der Waals surface area contributed by atoms with Crippen LogP contribution in [-0.4, -0.2) is 56.4 Å². The Balaban J connectivity index is 1.78. The van der Waals surface area contributed by atoms with Gasteiger partial charge in [0.1, 0.15) is 5.56 Å². The molecule has 26 heavy (non-hydrogen) atoms. The zero-order valence-electron chi connectivity index (χ0n) is 14.1. The fourth-order valence-electron chi connectivity index (χ4n) is 3.63. The third-order valence-electron chi connectivity index (χ3n) is 4.80. The molecule has 0 spiro atoms. The Kier molecular flexibility index (Phi) is 3.91. The number of aromatic carboxylic acids is 1. The summed E-state index contributed by atoms with van der Waals surface area (Å²) < 4.78 is 34.2. The van der Waals surface area contributed by atoms with Crippen LogP contribution in [0.15, 0.2) is 18.3 Å². The van der Waals surface area contributed by atoms with Crippen molar-refractivity contribution in [3.8, 4) is 11.5 Å². The number of pyridine rings is 1. The highest BCUT2D eigenvalue weighted by Crippen LogP contribution is 2.40. The lowest BCUT2D eigenvalue weighted by molar-refractivity contribution is 0.0697. The van der Waals surface area contributed by atoms with Crippen LogP contribution in [-0.2, 0) is 9.84 Å². The van der Waals surface area contributed by atoms with Crippen LogP contribution in [0.5, 0.6) is 11.5 Å². The maximum absolute atomic E-state index is 11.7. The van der Waals surface area contributed by atoms with E-state index in [0.29, 0.717) is 41.1 Å². The first kappa shape index (κ1) is 16.9. The topological polar surface area (TPSA) is 106 Å². The molecule has 0 aliphatic carbocycles. The quantitative estimate of drug-likeness (QED) is 0.854. The molecule has 9 heteroatoms. The minimum Gasteiger partial charge on any atom is -0.478 e. The Bertz CT molecular complexity index is 1000. The van der Waals surface area contributed by atoms with Crippen LogP contribution in [0.4, 0.5) is 5.69 Å². The molecular weight excluding hydrogens is 360 g/mol. The second kappa shape index (κ2) is 6.01. The average molecular weight is 378 g/mol. The second-order valence-electron chi connectivity index (χ2n) is 6.70. The number of carboxylic acid groups (broad SMARTS) is 1. The smallest absolute Gasteiger partial charge is 0.339 e.